The molecule has 0 aliphatic rings. The first-order chi connectivity index (χ1) is 35.0. The lowest BCUT2D eigenvalue weighted by molar-refractivity contribution is -0.167. The van der Waals surface area contributed by atoms with Crippen LogP contribution >= 0.6 is 0 Å². The van der Waals surface area contributed by atoms with Crippen LogP contribution in [0.5, 0.6) is 0 Å². The standard InChI is InChI=1S/C65H100O6/c1-4-7-10-13-16-19-22-25-28-31-32-35-37-40-43-46-49-52-55-58-64(67)70-61-62(71-65(68)59-56-53-50-47-44-41-38-34-30-27-24-21-18-15-12-9-6-3)60-69-63(66)57-54-51-48-45-42-39-36-33-29-26-23-20-17-14-11-8-5-2/h7,9-10,12,16,18-19,21,25-30,32,35-36,38-41,43,45,47-48,50,62H,4-6,8,11,13-15,17,20,22-24,31,33-34,37,42,44,46,49,51-61H2,1-3H3/b10-7-,12-9-,19-16-,21-18-,28-25-,29-26-,30-27-,35-32-,39-36-,41-38-,43-40-,48-45-,50-47-/t62-/m0/s1. The Bertz CT molecular complexity index is 1640. The highest BCUT2D eigenvalue weighted by Crippen LogP contribution is 2.11. The van der Waals surface area contributed by atoms with Crippen LogP contribution in [-0.4, -0.2) is 37.2 Å². The van der Waals surface area contributed by atoms with Gasteiger partial charge >= 0.3 is 17.9 Å². The van der Waals surface area contributed by atoms with Gasteiger partial charge in [-0.25, -0.2) is 0 Å². The lowest BCUT2D eigenvalue weighted by Crippen LogP contribution is -2.30. The van der Waals surface area contributed by atoms with E-state index in [1.165, 1.54) is 44.9 Å². The van der Waals surface area contributed by atoms with Crippen LogP contribution in [-0.2, 0) is 28.6 Å². The molecule has 0 fully saturated rings. The second kappa shape index (κ2) is 57.6. The summed E-state index contributed by atoms with van der Waals surface area (Å²) in [4.78, 5) is 38.1. The van der Waals surface area contributed by atoms with Gasteiger partial charge in [0.05, 0.1) is 0 Å². The lowest BCUT2D eigenvalue weighted by atomic mass is 10.1. The van der Waals surface area contributed by atoms with Gasteiger partial charge in [0.1, 0.15) is 13.2 Å². The van der Waals surface area contributed by atoms with Crippen molar-refractivity contribution < 1.29 is 28.6 Å². The third-order valence-electron chi connectivity index (χ3n) is 11.0. The zero-order valence-electron chi connectivity index (χ0n) is 45.2. The normalized spacial score (nSPS) is 13.3. The highest BCUT2D eigenvalue weighted by molar-refractivity contribution is 5.71. The number of rotatable bonds is 48. The molecule has 0 heterocycles. The fraction of sp³-hybridized carbons (Fsp3) is 0.554. The topological polar surface area (TPSA) is 78.9 Å². The van der Waals surface area contributed by atoms with Crippen LogP contribution in [0.1, 0.15) is 213 Å². The molecule has 0 aliphatic carbocycles. The van der Waals surface area contributed by atoms with Gasteiger partial charge in [0.15, 0.2) is 6.10 Å². The van der Waals surface area contributed by atoms with Crippen LogP contribution in [0.15, 0.2) is 158 Å². The molecular formula is C65H100O6. The Balaban J connectivity index is 4.65. The van der Waals surface area contributed by atoms with Crippen molar-refractivity contribution in [3.8, 4) is 0 Å². The molecule has 0 unspecified atom stereocenters. The van der Waals surface area contributed by atoms with Crippen molar-refractivity contribution in [1.82, 2.24) is 0 Å². The Labute approximate surface area is 435 Å². The smallest absolute Gasteiger partial charge is 0.306 e. The van der Waals surface area contributed by atoms with E-state index in [1.807, 2.05) is 0 Å². The molecule has 0 N–H and O–H groups in total. The summed E-state index contributed by atoms with van der Waals surface area (Å²) in [5.74, 6) is -1.09. The summed E-state index contributed by atoms with van der Waals surface area (Å²) in [5.41, 5.74) is 0. The number of allylic oxidation sites excluding steroid dienone is 26. The summed E-state index contributed by atoms with van der Waals surface area (Å²) in [5, 5.41) is 0. The quantitative estimate of drug-likeness (QED) is 0.0262. The molecule has 0 bridgehead atoms. The molecule has 0 radical (unpaired) electrons. The number of carbonyl (C=O) groups is 3. The third-order valence-corrected chi connectivity index (χ3v) is 11.0. The molecule has 71 heavy (non-hydrogen) atoms. The molecule has 6 nitrogen and oxygen atoms in total. The summed E-state index contributed by atoms with van der Waals surface area (Å²) < 4.78 is 16.7. The van der Waals surface area contributed by atoms with Gasteiger partial charge in [0.25, 0.3) is 0 Å². The van der Waals surface area contributed by atoms with Crippen LogP contribution in [0.25, 0.3) is 0 Å². The summed E-state index contributed by atoms with van der Waals surface area (Å²) in [7, 11) is 0. The predicted molar refractivity (Wildman–Crippen MR) is 306 cm³/mol. The number of carbonyl (C=O) groups excluding carboxylic acids is 3. The average molecular weight is 978 g/mol. The number of unbranched alkanes of at least 4 members (excludes halogenated alkanes) is 11. The zero-order chi connectivity index (χ0) is 51.4. The van der Waals surface area contributed by atoms with Crippen LogP contribution in [0, 0.1) is 0 Å². The van der Waals surface area contributed by atoms with Gasteiger partial charge in [0, 0.05) is 19.3 Å². The van der Waals surface area contributed by atoms with Crippen molar-refractivity contribution in [2.24, 2.45) is 0 Å². The van der Waals surface area contributed by atoms with Gasteiger partial charge in [-0.3, -0.25) is 14.4 Å². The molecule has 396 valence electrons. The number of hydrogen-bond acceptors (Lipinski definition) is 6. The maximum Gasteiger partial charge on any atom is 0.306 e. The Morgan fingerprint density at radius 2 is 0.563 bits per heavy atom. The van der Waals surface area contributed by atoms with Gasteiger partial charge < -0.3 is 14.2 Å². The van der Waals surface area contributed by atoms with E-state index in [4.69, 9.17) is 14.2 Å². The fourth-order valence-electron chi connectivity index (χ4n) is 6.87. The minimum absolute atomic E-state index is 0.141. The third kappa shape index (κ3) is 55.8. The van der Waals surface area contributed by atoms with Gasteiger partial charge in [0.2, 0.25) is 0 Å². The summed E-state index contributed by atoms with van der Waals surface area (Å²) in [6.45, 7) is 6.26. The second-order valence-corrected chi connectivity index (χ2v) is 17.7. The minimum Gasteiger partial charge on any atom is -0.462 e. The Morgan fingerprint density at radius 3 is 0.915 bits per heavy atom. The number of hydrogen-bond donors (Lipinski definition) is 0. The monoisotopic (exact) mass is 977 g/mol. The average Bonchev–Trinajstić information content (AvgIpc) is 3.37. The maximum absolute atomic E-state index is 12.8. The maximum atomic E-state index is 12.8. The highest BCUT2D eigenvalue weighted by Gasteiger charge is 2.19. The largest absolute Gasteiger partial charge is 0.462 e. The first-order valence-corrected chi connectivity index (χ1v) is 28.0. The Kier molecular flexibility index (Phi) is 53.6. The van der Waals surface area contributed by atoms with E-state index in [9.17, 15) is 14.4 Å². The molecule has 0 rings (SSSR count). The molecule has 0 saturated carbocycles. The van der Waals surface area contributed by atoms with Crippen molar-refractivity contribution in [2.45, 2.75) is 219 Å². The van der Waals surface area contributed by atoms with Crippen molar-refractivity contribution >= 4 is 17.9 Å². The van der Waals surface area contributed by atoms with E-state index in [-0.39, 0.29) is 38.0 Å². The van der Waals surface area contributed by atoms with Gasteiger partial charge in [-0.1, -0.05) is 217 Å². The molecule has 0 aromatic heterocycles. The first-order valence-electron chi connectivity index (χ1n) is 28.0. The van der Waals surface area contributed by atoms with Crippen molar-refractivity contribution in [3.05, 3.63) is 158 Å². The van der Waals surface area contributed by atoms with Crippen LogP contribution in [0.3, 0.4) is 0 Å². The van der Waals surface area contributed by atoms with Crippen molar-refractivity contribution in [1.29, 1.82) is 0 Å². The number of esters is 3. The molecule has 1 atom stereocenters. The molecule has 6 heteroatoms. The molecule has 0 aliphatic heterocycles. The van der Waals surface area contributed by atoms with Crippen molar-refractivity contribution in [3.63, 3.8) is 0 Å². The van der Waals surface area contributed by atoms with Crippen LogP contribution in [0.2, 0.25) is 0 Å². The molecule has 0 aromatic rings. The van der Waals surface area contributed by atoms with Crippen molar-refractivity contribution in [2.75, 3.05) is 13.2 Å². The van der Waals surface area contributed by atoms with Gasteiger partial charge in [-0.15, -0.1) is 0 Å². The van der Waals surface area contributed by atoms with E-state index >= 15 is 0 Å². The predicted octanol–water partition coefficient (Wildman–Crippen LogP) is 19.0. The summed E-state index contributed by atoms with van der Waals surface area (Å²) in [6.07, 6.45) is 83.8. The number of ether oxygens (including phenoxy) is 3. The molecule has 0 amide bonds. The lowest BCUT2D eigenvalue weighted by Gasteiger charge is -2.18. The second-order valence-electron chi connectivity index (χ2n) is 17.7. The van der Waals surface area contributed by atoms with Gasteiger partial charge in [-0.2, -0.15) is 0 Å². The summed E-state index contributed by atoms with van der Waals surface area (Å²) in [6, 6.07) is 0. The zero-order valence-corrected chi connectivity index (χ0v) is 45.2. The Morgan fingerprint density at radius 1 is 0.296 bits per heavy atom. The van der Waals surface area contributed by atoms with E-state index in [0.717, 1.165) is 116 Å². The molecule has 0 aromatic carbocycles. The van der Waals surface area contributed by atoms with E-state index in [1.54, 1.807) is 0 Å². The highest BCUT2D eigenvalue weighted by atomic mass is 16.6. The summed E-state index contributed by atoms with van der Waals surface area (Å²) >= 11 is 0. The van der Waals surface area contributed by atoms with E-state index in [2.05, 4.69) is 179 Å². The van der Waals surface area contributed by atoms with E-state index in [0.29, 0.717) is 19.3 Å². The minimum atomic E-state index is -0.850. The SMILES string of the molecule is CC/C=C\C/C=C\C/C=C\C/C=C\C/C=C\CCCCCC(=O)OC[C@H](COC(=O)CCC/C=C\C/C=C\C/C=C\CCCCCCCC)OC(=O)CCC/C=C\C/C=C\C/C=C\C/C=C\C/C=C\CC. The van der Waals surface area contributed by atoms with Crippen LogP contribution in [0.4, 0.5) is 0 Å². The first kappa shape index (κ1) is 66.0. The fourth-order valence-corrected chi connectivity index (χ4v) is 6.87. The van der Waals surface area contributed by atoms with E-state index < -0.39 is 12.1 Å². The van der Waals surface area contributed by atoms with Crippen LogP contribution < -0.4 is 0 Å². The van der Waals surface area contributed by atoms with Gasteiger partial charge in [-0.05, 0) is 135 Å². The molecule has 0 saturated heterocycles. The Hall–Kier alpha value is -4.97. The molecular weight excluding hydrogens is 877 g/mol. The molecule has 0 spiro atoms.